The number of pyridine rings is 1. The Balaban J connectivity index is 0.00000180. The van der Waals surface area contributed by atoms with Crippen LogP contribution in [0.1, 0.15) is 16.7 Å². The molecule has 2 nitrogen and oxygen atoms in total. The number of imidazole rings is 1. The maximum Gasteiger partial charge on any atom is 0.0639 e. The van der Waals surface area contributed by atoms with Crippen molar-refractivity contribution in [1.29, 1.82) is 0 Å². The normalized spacial score (nSPS) is 11.2. The Morgan fingerprint density at radius 2 is 1.67 bits per heavy atom. The van der Waals surface area contributed by atoms with Gasteiger partial charge in [-0.3, -0.25) is 4.98 Å². The quantitative estimate of drug-likeness (QED) is 0.192. The second kappa shape index (κ2) is 6.60. The Kier molecular flexibility index (Phi) is 4.38. The van der Waals surface area contributed by atoms with E-state index in [1.165, 1.54) is 38.5 Å². The van der Waals surface area contributed by atoms with Crippen LogP contribution in [0.2, 0.25) is 0 Å². The van der Waals surface area contributed by atoms with Gasteiger partial charge in [-0.15, -0.1) is 29.7 Å². The summed E-state index contributed by atoms with van der Waals surface area (Å²) in [6.45, 7) is 6.48. The largest absolute Gasteiger partial charge is 0.333 e. The SMILES string of the molecule is Cc1ccc2c(c1)c1ccc[c-]c1c1ncc(-c3c(C)cccc3C)n21.[Ir]. The van der Waals surface area contributed by atoms with E-state index in [-0.39, 0.29) is 20.1 Å². The predicted molar refractivity (Wildman–Crippen MR) is 109 cm³/mol. The van der Waals surface area contributed by atoms with Gasteiger partial charge in [0.1, 0.15) is 0 Å². The standard InChI is InChI=1S/C24H19N2.Ir/c1-15-11-12-21-20(13-15)18-9-4-5-10-19(18)24-25-14-22(26(21)24)23-16(2)7-6-8-17(23)3;/h4-9,11-14H,1-3H3;/q-1;. The van der Waals surface area contributed by atoms with Crippen molar-refractivity contribution in [2.75, 3.05) is 0 Å². The molecule has 0 amide bonds. The van der Waals surface area contributed by atoms with Crippen LogP contribution in [0.3, 0.4) is 0 Å². The number of fused-ring (bicyclic) bond motifs is 6. The van der Waals surface area contributed by atoms with Crippen molar-refractivity contribution in [2.24, 2.45) is 0 Å². The van der Waals surface area contributed by atoms with Crippen molar-refractivity contribution in [3.05, 3.63) is 83.6 Å². The number of hydrogen-bond acceptors (Lipinski definition) is 1. The molecule has 0 saturated heterocycles. The molecule has 27 heavy (non-hydrogen) atoms. The van der Waals surface area contributed by atoms with E-state index < -0.39 is 0 Å². The summed E-state index contributed by atoms with van der Waals surface area (Å²) in [6, 6.07) is 22.7. The van der Waals surface area contributed by atoms with Crippen molar-refractivity contribution >= 4 is 27.3 Å². The summed E-state index contributed by atoms with van der Waals surface area (Å²) in [6.07, 6.45) is 2.00. The monoisotopic (exact) mass is 528 g/mol. The molecule has 2 aromatic heterocycles. The summed E-state index contributed by atoms with van der Waals surface area (Å²) in [7, 11) is 0. The molecule has 5 rings (SSSR count). The average molecular weight is 528 g/mol. The fourth-order valence-corrected chi connectivity index (χ4v) is 4.07. The first-order valence-electron chi connectivity index (χ1n) is 8.92. The predicted octanol–water partition coefficient (Wildman–Crippen LogP) is 6.03. The molecule has 0 fully saturated rings. The summed E-state index contributed by atoms with van der Waals surface area (Å²) in [5.41, 5.74) is 8.35. The van der Waals surface area contributed by atoms with Gasteiger partial charge in [-0.2, -0.15) is 0 Å². The molecule has 0 bridgehead atoms. The fraction of sp³-hybridized carbons (Fsp3) is 0.125. The van der Waals surface area contributed by atoms with Gasteiger partial charge in [0, 0.05) is 37.4 Å². The molecule has 135 valence electrons. The van der Waals surface area contributed by atoms with Crippen molar-refractivity contribution in [3.63, 3.8) is 0 Å². The van der Waals surface area contributed by atoms with E-state index in [9.17, 15) is 0 Å². The first kappa shape index (κ1) is 17.9. The van der Waals surface area contributed by atoms with E-state index in [0.717, 1.165) is 16.7 Å². The molecule has 0 saturated carbocycles. The van der Waals surface area contributed by atoms with Crippen molar-refractivity contribution in [1.82, 2.24) is 9.38 Å². The summed E-state index contributed by atoms with van der Waals surface area (Å²) >= 11 is 0. The van der Waals surface area contributed by atoms with Gasteiger partial charge >= 0.3 is 0 Å². The minimum absolute atomic E-state index is 0. The molecule has 0 N–H and O–H groups in total. The second-order valence-corrected chi connectivity index (χ2v) is 7.05. The van der Waals surface area contributed by atoms with Crippen molar-refractivity contribution < 1.29 is 20.1 Å². The number of aromatic nitrogens is 2. The topological polar surface area (TPSA) is 17.3 Å². The summed E-state index contributed by atoms with van der Waals surface area (Å²) < 4.78 is 2.29. The zero-order valence-corrected chi connectivity index (χ0v) is 17.9. The van der Waals surface area contributed by atoms with Gasteiger partial charge in [0.2, 0.25) is 0 Å². The Hall–Kier alpha value is -2.48. The van der Waals surface area contributed by atoms with Crippen LogP contribution >= 0.6 is 0 Å². The van der Waals surface area contributed by atoms with E-state index in [4.69, 9.17) is 4.98 Å². The minimum atomic E-state index is 0. The summed E-state index contributed by atoms with van der Waals surface area (Å²) in [5.74, 6) is 0. The number of aryl methyl sites for hydroxylation is 3. The third-order valence-electron chi connectivity index (χ3n) is 5.26. The van der Waals surface area contributed by atoms with E-state index >= 15 is 0 Å². The minimum Gasteiger partial charge on any atom is -0.333 e. The van der Waals surface area contributed by atoms with Gasteiger partial charge in [-0.05, 0) is 43.4 Å². The number of rotatable bonds is 1. The third kappa shape index (κ3) is 2.62. The Morgan fingerprint density at radius 3 is 2.44 bits per heavy atom. The fourth-order valence-electron chi connectivity index (χ4n) is 4.07. The Bertz CT molecular complexity index is 1290. The van der Waals surface area contributed by atoms with Gasteiger partial charge in [-0.1, -0.05) is 41.3 Å². The number of hydrogen-bond donors (Lipinski definition) is 0. The number of benzene rings is 3. The molecule has 0 aliphatic heterocycles. The van der Waals surface area contributed by atoms with Crippen LogP contribution in [0.25, 0.3) is 38.6 Å². The molecule has 0 unspecified atom stereocenters. The van der Waals surface area contributed by atoms with Crippen LogP contribution in [-0.4, -0.2) is 9.38 Å². The molecular formula is C24H19IrN2-. The third-order valence-corrected chi connectivity index (χ3v) is 5.26. The molecule has 2 heterocycles. The molecule has 5 aromatic rings. The van der Waals surface area contributed by atoms with Crippen LogP contribution in [-0.2, 0) is 20.1 Å². The molecule has 0 aliphatic carbocycles. The van der Waals surface area contributed by atoms with E-state index in [1.54, 1.807) is 0 Å². The first-order chi connectivity index (χ1) is 12.6. The maximum absolute atomic E-state index is 4.81. The van der Waals surface area contributed by atoms with Gasteiger partial charge in [0.15, 0.2) is 0 Å². The first-order valence-corrected chi connectivity index (χ1v) is 8.92. The van der Waals surface area contributed by atoms with Crippen LogP contribution in [0, 0.1) is 26.8 Å². The zero-order chi connectivity index (χ0) is 17.8. The molecule has 0 aliphatic rings. The van der Waals surface area contributed by atoms with Gasteiger partial charge in [-0.25, -0.2) is 0 Å². The van der Waals surface area contributed by atoms with Gasteiger partial charge in [0.25, 0.3) is 0 Å². The van der Waals surface area contributed by atoms with Crippen molar-refractivity contribution in [2.45, 2.75) is 20.8 Å². The van der Waals surface area contributed by atoms with Gasteiger partial charge in [0.05, 0.1) is 11.3 Å². The average Bonchev–Trinajstić information content (AvgIpc) is 3.07. The molecule has 3 aromatic carbocycles. The summed E-state index contributed by atoms with van der Waals surface area (Å²) in [4.78, 5) is 4.81. The number of nitrogens with zero attached hydrogens (tertiary/aromatic N) is 2. The maximum atomic E-state index is 4.81. The molecule has 0 atom stereocenters. The van der Waals surface area contributed by atoms with E-state index in [2.05, 4.69) is 79.8 Å². The van der Waals surface area contributed by atoms with E-state index in [1.807, 2.05) is 12.3 Å². The van der Waals surface area contributed by atoms with Crippen LogP contribution in [0.5, 0.6) is 0 Å². The van der Waals surface area contributed by atoms with Crippen LogP contribution in [0.4, 0.5) is 0 Å². The Morgan fingerprint density at radius 1 is 0.889 bits per heavy atom. The van der Waals surface area contributed by atoms with E-state index in [0.29, 0.717) is 0 Å². The molecule has 3 heteroatoms. The molecule has 1 radical (unpaired) electrons. The molecule has 0 spiro atoms. The van der Waals surface area contributed by atoms with Crippen molar-refractivity contribution in [3.8, 4) is 11.3 Å². The summed E-state index contributed by atoms with van der Waals surface area (Å²) in [5, 5.41) is 3.52. The van der Waals surface area contributed by atoms with Crippen LogP contribution in [0.15, 0.2) is 60.8 Å². The van der Waals surface area contributed by atoms with Crippen LogP contribution < -0.4 is 0 Å². The second-order valence-electron chi connectivity index (χ2n) is 7.05. The Labute approximate surface area is 172 Å². The molecular weight excluding hydrogens is 508 g/mol. The van der Waals surface area contributed by atoms with Gasteiger partial charge < -0.3 is 4.40 Å². The smallest absolute Gasteiger partial charge is 0.0639 e. The zero-order valence-electron chi connectivity index (χ0n) is 15.5.